The summed E-state index contributed by atoms with van der Waals surface area (Å²) in [5, 5.41) is 75.7. The summed E-state index contributed by atoms with van der Waals surface area (Å²) in [6.45, 7) is 3.38. The van der Waals surface area contributed by atoms with Crippen molar-refractivity contribution in [3.63, 3.8) is 0 Å². The van der Waals surface area contributed by atoms with E-state index in [0.29, 0.717) is 19.3 Å². The number of hydrogen-bond acceptors (Lipinski definition) is 10. The minimum absolute atomic E-state index is 0.235. The Morgan fingerprint density at radius 2 is 0.910 bits per heavy atom. The molecule has 1 aliphatic rings. The molecule has 0 aromatic carbocycles. The van der Waals surface area contributed by atoms with Crippen molar-refractivity contribution in [2.75, 3.05) is 13.2 Å². The Bertz CT molecular complexity index is 1180. The molecule has 1 fully saturated rings. The van der Waals surface area contributed by atoms with Crippen molar-refractivity contribution >= 4 is 5.91 Å². The number of hydrogen-bond donors (Lipinski definition) is 8. The molecule has 1 saturated heterocycles. The topological polar surface area (TPSA) is 189 Å². The highest BCUT2D eigenvalue weighted by molar-refractivity contribution is 5.80. The van der Waals surface area contributed by atoms with Crippen LogP contribution in [0.2, 0.25) is 0 Å². The number of rotatable bonds is 47. The van der Waals surface area contributed by atoms with Crippen LogP contribution in [0, 0.1) is 0 Å². The Morgan fingerprint density at radius 3 is 1.37 bits per heavy atom. The highest BCUT2D eigenvalue weighted by Gasteiger charge is 2.44. The van der Waals surface area contributed by atoms with E-state index in [1.54, 1.807) is 0 Å². The summed E-state index contributed by atoms with van der Waals surface area (Å²) in [4.78, 5) is 13.1. The van der Waals surface area contributed by atoms with Crippen LogP contribution in [-0.4, -0.2) is 110 Å². The first-order chi connectivity index (χ1) is 32.7. The van der Waals surface area contributed by atoms with Crippen molar-refractivity contribution in [1.29, 1.82) is 0 Å². The minimum Gasteiger partial charge on any atom is -0.394 e. The van der Waals surface area contributed by atoms with Crippen molar-refractivity contribution in [2.45, 2.75) is 300 Å². The van der Waals surface area contributed by atoms with Gasteiger partial charge in [0.2, 0.25) is 5.91 Å². The molecule has 0 saturated carbocycles. The number of carbonyl (C=O) groups excluding carboxylic acids is 1. The Balaban J connectivity index is 2.26. The van der Waals surface area contributed by atoms with Crippen LogP contribution in [0.25, 0.3) is 0 Å². The first-order valence-electron chi connectivity index (χ1n) is 27.9. The number of aliphatic hydroxyl groups is 7. The van der Waals surface area contributed by atoms with E-state index in [0.717, 1.165) is 51.4 Å². The molecular formula is C56H105NO10. The van der Waals surface area contributed by atoms with Gasteiger partial charge in [-0.05, 0) is 70.6 Å². The molecule has 0 spiro atoms. The summed E-state index contributed by atoms with van der Waals surface area (Å²) in [7, 11) is 0. The molecule has 67 heavy (non-hydrogen) atoms. The van der Waals surface area contributed by atoms with E-state index in [2.05, 4.69) is 55.6 Å². The molecule has 1 aliphatic heterocycles. The molecule has 0 aromatic heterocycles. The standard InChI is InChI=1S/C56H105NO10/c1-3-5-7-9-11-13-15-16-17-18-19-20-21-22-23-24-25-26-27-28-29-30-31-32-33-34-36-37-39-41-43-48(59)51(61)47(46-66-56-54(64)53(63)52(62)50(45-58)67-56)57-55(65)49(60)44-42-40-38-35-14-12-10-8-6-4-2/h10,12,31-32,36-37,47-54,56,58-64H,3-9,11,13-30,33-35,38-46H2,1-2H3,(H,57,65)/b12-10-,32-31+,37-36+. The van der Waals surface area contributed by atoms with Crippen molar-refractivity contribution in [1.82, 2.24) is 5.32 Å². The van der Waals surface area contributed by atoms with Gasteiger partial charge in [-0.2, -0.15) is 0 Å². The monoisotopic (exact) mass is 952 g/mol. The fourth-order valence-electron chi connectivity index (χ4n) is 8.79. The molecule has 11 heteroatoms. The van der Waals surface area contributed by atoms with Gasteiger partial charge >= 0.3 is 0 Å². The molecule has 0 bridgehead atoms. The summed E-state index contributed by atoms with van der Waals surface area (Å²) in [6.07, 6.45) is 43.8. The maximum absolute atomic E-state index is 13.1. The lowest BCUT2D eigenvalue weighted by molar-refractivity contribution is -0.303. The average Bonchev–Trinajstić information content (AvgIpc) is 3.33. The van der Waals surface area contributed by atoms with E-state index >= 15 is 0 Å². The molecule has 11 nitrogen and oxygen atoms in total. The summed E-state index contributed by atoms with van der Waals surface area (Å²) in [6, 6.07) is -1.19. The normalized spacial score (nSPS) is 20.9. The van der Waals surface area contributed by atoms with E-state index in [9.17, 15) is 40.5 Å². The smallest absolute Gasteiger partial charge is 0.249 e. The lowest BCUT2D eigenvalue weighted by atomic mass is 9.98. The van der Waals surface area contributed by atoms with E-state index < -0.39 is 74.2 Å². The Labute approximate surface area is 409 Å². The fourth-order valence-corrected chi connectivity index (χ4v) is 8.79. The van der Waals surface area contributed by atoms with Crippen LogP contribution in [0.4, 0.5) is 0 Å². The highest BCUT2D eigenvalue weighted by Crippen LogP contribution is 2.23. The van der Waals surface area contributed by atoms with Crippen molar-refractivity contribution in [3.8, 4) is 0 Å². The second-order valence-corrected chi connectivity index (χ2v) is 19.6. The van der Waals surface area contributed by atoms with Gasteiger partial charge in [-0.15, -0.1) is 0 Å². The molecule has 394 valence electrons. The Morgan fingerprint density at radius 1 is 0.507 bits per heavy atom. The van der Waals surface area contributed by atoms with E-state index in [-0.39, 0.29) is 12.8 Å². The zero-order valence-electron chi connectivity index (χ0n) is 42.9. The van der Waals surface area contributed by atoms with Crippen LogP contribution in [0.15, 0.2) is 36.5 Å². The number of aliphatic hydroxyl groups excluding tert-OH is 7. The second kappa shape index (κ2) is 45.5. The third-order valence-electron chi connectivity index (χ3n) is 13.4. The average molecular weight is 952 g/mol. The number of amides is 1. The molecule has 0 radical (unpaired) electrons. The quantitative estimate of drug-likeness (QED) is 0.0215. The van der Waals surface area contributed by atoms with Gasteiger partial charge < -0.3 is 50.5 Å². The zero-order valence-corrected chi connectivity index (χ0v) is 42.9. The number of carbonyl (C=O) groups is 1. The largest absolute Gasteiger partial charge is 0.394 e. The van der Waals surface area contributed by atoms with Gasteiger partial charge in [0.15, 0.2) is 6.29 Å². The van der Waals surface area contributed by atoms with Gasteiger partial charge in [-0.1, -0.05) is 211 Å². The molecule has 1 amide bonds. The highest BCUT2D eigenvalue weighted by atomic mass is 16.7. The van der Waals surface area contributed by atoms with Crippen molar-refractivity contribution in [3.05, 3.63) is 36.5 Å². The number of unbranched alkanes of at least 4 members (excludes halogenated alkanes) is 29. The number of allylic oxidation sites excluding steroid dienone is 6. The predicted molar refractivity (Wildman–Crippen MR) is 275 cm³/mol. The first-order valence-corrected chi connectivity index (χ1v) is 27.9. The maximum Gasteiger partial charge on any atom is 0.249 e. The fraction of sp³-hybridized carbons (Fsp3) is 0.875. The summed E-state index contributed by atoms with van der Waals surface area (Å²) >= 11 is 0. The van der Waals surface area contributed by atoms with Crippen molar-refractivity contribution < 1.29 is 50.0 Å². The summed E-state index contributed by atoms with van der Waals surface area (Å²) in [5.74, 6) is -0.722. The lowest BCUT2D eigenvalue weighted by Crippen LogP contribution is -2.60. The van der Waals surface area contributed by atoms with Crippen LogP contribution in [0.3, 0.4) is 0 Å². The second-order valence-electron chi connectivity index (χ2n) is 19.6. The van der Waals surface area contributed by atoms with Crippen molar-refractivity contribution in [2.24, 2.45) is 0 Å². The van der Waals surface area contributed by atoms with Crippen LogP contribution < -0.4 is 5.32 Å². The predicted octanol–water partition coefficient (Wildman–Crippen LogP) is 11.1. The van der Waals surface area contributed by atoms with E-state index in [4.69, 9.17) is 9.47 Å². The van der Waals surface area contributed by atoms with Gasteiger partial charge in [-0.25, -0.2) is 0 Å². The molecule has 0 aliphatic carbocycles. The Hall–Kier alpha value is -1.67. The van der Waals surface area contributed by atoms with Gasteiger partial charge in [0.05, 0.1) is 25.4 Å². The molecule has 0 aromatic rings. The minimum atomic E-state index is -1.67. The van der Waals surface area contributed by atoms with Gasteiger partial charge in [0.1, 0.15) is 36.6 Å². The number of nitrogens with one attached hydrogen (secondary N) is 1. The van der Waals surface area contributed by atoms with Gasteiger partial charge in [0, 0.05) is 0 Å². The summed E-state index contributed by atoms with van der Waals surface area (Å²) in [5.41, 5.74) is 0. The first kappa shape index (κ1) is 63.3. The molecule has 1 heterocycles. The van der Waals surface area contributed by atoms with Gasteiger partial charge in [-0.3, -0.25) is 4.79 Å². The molecule has 9 atom stereocenters. The van der Waals surface area contributed by atoms with Crippen LogP contribution in [0.1, 0.15) is 245 Å². The third kappa shape index (κ3) is 34.3. The third-order valence-corrected chi connectivity index (χ3v) is 13.4. The molecule has 1 rings (SSSR count). The van der Waals surface area contributed by atoms with Crippen LogP contribution in [0.5, 0.6) is 0 Å². The Kier molecular flexibility index (Phi) is 43.0. The molecular weight excluding hydrogens is 847 g/mol. The van der Waals surface area contributed by atoms with E-state index in [1.807, 2.05) is 0 Å². The summed E-state index contributed by atoms with van der Waals surface area (Å²) < 4.78 is 11.1. The number of ether oxygens (including phenoxy) is 2. The SMILES string of the molecule is CCCC/C=C\CCCCCCC(O)C(=O)NC(COC1OC(CO)C(O)C(O)C1O)C(O)C(O)CCC/C=C/CC/C=C/CCCCCCCCCCCCCCCCCCCCCCC. The molecule has 9 unspecified atom stereocenters. The maximum atomic E-state index is 13.1. The van der Waals surface area contributed by atoms with Gasteiger partial charge in [0.25, 0.3) is 0 Å². The van der Waals surface area contributed by atoms with Crippen LogP contribution >= 0.6 is 0 Å². The molecule has 8 N–H and O–H groups in total. The van der Waals surface area contributed by atoms with Crippen LogP contribution in [-0.2, 0) is 14.3 Å². The zero-order chi connectivity index (χ0) is 49.0. The lowest BCUT2D eigenvalue weighted by Gasteiger charge is -2.40. The van der Waals surface area contributed by atoms with E-state index in [1.165, 1.54) is 148 Å².